The zero-order chi connectivity index (χ0) is 17.2. The van der Waals surface area contributed by atoms with Gasteiger partial charge in [0.1, 0.15) is 0 Å². The van der Waals surface area contributed by atoms with E-state index in [4.69, 9.17) is 0 Å². The maximum atomic E-state index is 14.0. The molecule has 1 fully saturated rings. The van der Waals surface area contributed by atoms with E-state index in [1.54, 1.807) is 0 Å². The van der Waals surface area contributed by atoms with Gasteiger partial charge in [-0.25, -0.2) is 4.39 Å². The number of benzene rings is 1. The van der Waals surface area contributed by atoms with Crippen LogP contribution in [0.4, 0.5) is 17.6 Å². The summed E-state index contributed by atoms with van der Waals surface area (Å²) in [6.07, 6.45) is -2.54. The van der Waals surface area contributed by atoms with Crippen molar-refractivity contribution in [1.29, 1.82) is 0 Å². The number of Topliss-reactive ketones (excluding diaryl/α,β-unsaturated/α-hetero) is 1. The molecule has 1 saturated carbocycles. The molecule has 0 bridgehead atoms. The van der Waals surface area contributed by atoms with Crippen molar-refractivity contribution < 1.29 is 27.1 Å². The maximum absolute atomic E-state index is 14.0. The summed E-state index contributed by atoms with van der Waals surface area (Å²) in [5, 5.41) is 0. The molecule has 126 valence electrons. The summed E-state index contributed by atoms with van der Waals surface area (Å²) in [5.41, 5.74) is -0.184. The number of carbonyl (C=O) groups is 1. The molecule has 2 atom stereocenters. The van der Waals surface area contributed by atoms with Gasteiger partial charge in [-0.1, -0.05) is 27.2 Å². The average Bonchev–Trinajstić information content (AvgIpc) is 2.58. The highest BCUT2D eigenvalue weighted by molar-refractivity contribution is 6.04. The topological polar surface area (TPSA) is 26.3 Å². The third kappa shape index (κ3) is 2.42. The van der Waals surface area contributed by atoms with Gasteiger partial charge in [0.05, 0.1) is 0 Å². The third-order valence-electron chi connectivity index (χ3n) is 5.38. The fraction of sp³-hybridized carbons (Fsp3) is 0.588. The monoisotopic (exact) mass is 330 g/mol. The Balaban J connectivity index is 2.15. The molecule has 0 unspecified atom stereocenters. The second-order valence-corrected chi connectivity index (χ2v) is 7.43. The van der Waals surface area contributed by atoms with Crippen LogP contribution in [0.2, 0.25) is 0 Å². The minimum Gasteiger partial charge on any atom is -0.403 e. The fourth-order valence-electron chi connectivity index (χ4n) is 4.58. The van der Waals surface area contributed by atoms with Crippen molar-refractivity contribution in [2.45, 2.75) is 51.8 Å². The molecule has 1 aromatic carbocycles. The Morgan fingerprint density at radius 1 is 1.17 bits per heavy atom. The zero-order valence-electron chi connectivity index (χ0n) is 13.2. The molecular formula is C17H18F4O2. The van der Waals surface area contributed by atoms with Crippen molar-refractivity contribution in [3.05, 3.63) is 29.1 Å². The van der Waals surface area contributed by atoms with Crippen molar-refractivity contribution in [1.82, 2.24) is 0 Å². The summed E-state index contributed by atoms with van der Waals surface area (Å²) in [6, 6.07) is 1.97. The molecule has 0 aliphatic heterocycles. The van der Waals surface area contributed by atoms with Gasteiger partial charge >= 0.3 is 6.36 Å². The van der Waals surface area contributed by atoms with Crippen LogP contribution >= 0.6 is 0 Å². The van der Waals surface area contributed by atoms with Crippen molar-refractivity contribution in [3.63, 3.8) is 0 Å². The number of ether oxygens (including phenoxy) is 1. The smallest absolute Gasteiger partial charge is 0.403 e. The van der Waals surface area contributed by atoms with E-state index >= 15 is 0 Å². The van der Waals surface area contributed by atoms with E-state index in [1.807, 2.05) is 20.8 Å². The van der Waals surface area contributed by atoms with Gasteiger partial charge in [-0.3, -0.25) is 4.79 Å². The van der Waals surface area contributed by atoms with Gasteiger partial charge in [0, 0.05) is 16.9 Å². The van der Waals surface area contributed by atoms with E-state index in [0.29, 0.717) is 12.0 Å². The molecule has 0 spiro atoms. The Morgan fingerprint density at radius 3 is 2.43 bits per heavy atom. The van der Waals surface area contributed by atoms with Crippen molar-refractivity contribution in [2.24, 2.45) is 11.3 Å². The molecular weight excluding hydrogens is 312 g/mol. The highest BCUT2D eigenvalue weighted by Gasteiger charge is 2.57. The van der Waals surface area contributed by atoms with Crippen molar-refractivity contribution >= 4 is 5.78 Å². The molecule has 3 rings (SSSR count). The second-order valence-electron chi connectivity index (χ2n) is 7.43. The predicted octanol–water partition coefficient (Wildman–Crippen LogP) is 5.00. The molecule has 0 amide bonds. The molecule has 0 aromatic heterocycles. The zero-order valence-corrected chi connectivity index (χ0v) is 13.2. The molecule has 6 heteroatoms. The van der Waals surface area contributed by atoms with Crippen LogP contribution in [0.5, 0.6) is 5.75 Å². The average molecular weight is 330 g/mol. The van der Waals surface area contributed by atoms with E-state index in [0.717, 1.165) is 25.0 Å². The summed E-state index contributed by atoms with van der Waals surface area (Å²) in [6.45, 7) is 5.86. The van der Waals surface area contributed by atoms with Crippen LogP contribution in [-0.4, -0.2) is 12.1 Å². The third-order valence-corrected chi connectivity index (χ3v) is 5.38. The Hall–Kier alpha value is -1.59. The Bertz CT molecular complexity index is 678. The van der Waals surface area contributed by atoms with Crippen LogP contribution in [0.3, 0.4) is 0 Å². The van der Waals surface area contributed by atoms with Gasteiger partial charge in [0.2, 0.25) is 0 Å². The summed E-state index contributed by atoms with van der Waals surface area (Å²) >= 11 is 0. The number of ketones is 1. The first-order valence-electron chi connectivity index (χ1n) is 7.60. The van der Waals surface area contributed by atoms with Gasteiger partial charge in [-0.15, -0.1) is 13.2 Å². The summed E-state index contributed by atoms with van der Waals surface area (Å²) in [5.74, 6) is -2.55. The lowest BCUT2D eigenvalue weighted by molar-refractivity contribution is -0.275. The molecule has 0 saturated heterocycles. The largest absolute Gasteiger partial charge is 0.573 e. The molecule has 0 radical (unpaired) electrons. The minimum absolute atomic E-state index is 0.176. The molecule has 1 aromatic rings. The Labute approximate surface area is 131 Å². The van der Waals surface area contributed by atoms with Crippen LogP contribution in [0.1, 0.15) is 56.0 Å². The lowest BCUT2D eigenvalue weighted by atomic mass is 9.56. The maximum Gasteiger partial charge on any atom is 0.573 e. The molecule has 0 N–H and O–H groups in total. The molecule has 2 nitrogen and oxygen atoms in total. The first-order chi connectivity index (χ1) is 10.5. The summed E-state index contributed by atoms with van der Waals surface area (Å²) in [4.78, 5) is 12.8. The van der Waals surface area contributed by atoms with Gasteiger partial charge in [0.15, 0.2) is 17.3 Å². The number of fused-ring (bicyclic) bond motifs is 3. The van der Waals surface area contributed by atoms with E-state index < -0.39 is 23.3 Å². The Morgan fingerprint density at radius 2 is 1.83 bits per heavy atom. The summed E-state index contributed by atoms with van der Waals surface area (Å²) in [7, 11) is 0. The van der Waals surface area contributed by atoms with Crippen LogP contribution in [-0.2, 0) is 5.41 Å². The van der Waals surface area contributed by atoms with Crippen molar-refractivity contribution in [3.8, 4) is 5.75 Å². The number of carbonyl (C=O) groups excluding carboxylic acids is 1. The SMILES string of the molecule is CC1(C)CCC[C@@]2(C)c3cc(OC(F)(F)F)c(F)cc3C(=O)[C@@H]12. The lowest BCUT2D eigenvalue weighted by Gasteiger charge is -2.46. The predicted molar refractivity (Wildman–Crippen MR) is 75.9 cm³/mol. The van der Waals surface area contributed by atoms with Crippen molar-refractivity contribution in [2.75, 3.05) is 0 Å². The minimum atomic E-state index is -4.97. The number of halogens is 4. The highest BCUT2D eigenvalue weighted by Crippen LogP contribution is 2.58. The standard InChI is InChI=1S/C17H18F4O2/c1-15(2)5-4-6-16(3)10-8-12(23-17(19,20)21)11(18)7-9(10)13(22)14(15)16/h7-8,14H,4-6H2,1-3H3/t14-,16-/m0/s1. The van der Waals surface area contributed by atoms with Gasteiger partial charge < -0.3 is 4.74 Å². The second kappa shape index (κ2) is 4.71. The van der Waals surface area contributed by atoms with Gasteiger partial charge in [-0.05, 0) is 36.0 Å². The van der Waals surface area contributed by atoms with Crippen LogP contribution < -0.4 is 4.74 Å². The van der Waals surface area contributed by atoms with Gasteiger partial charge in [-0.2, -0.15) is 0 Å². The number of alkyl halides is 3. The lowest BCUT2D eigenvalue weighted by Crippen LogP contribution is -2.44. The Kier molecular flexibility index (Phi) is 3.33. The number of rotatable bonds is 1. The first kappa shape index (κ1) is 16.3. The van der Waals surface area contributed by atoms with Gasteiger partial charge in [0.25, 0.3) is 0 Å². The quantitative estimate of drug-likeness (QED) is 0.677. The fourth-order valence-corrected chi connectivity index (χ4v) is 4.58. The van der Waals surface area contributed by atoms with E-state index in [1.165, 1.54) is 0 Å². The molecule has 2 aliphatic rings. The van der Waals surface area contributed by atoms with E-state index in [2.05, 4.69) is 4.74 Å². The van der Waals surface area contributed by atoms with Crippen LogP contribution in [0.15, 0.2) is 12.1 Å². The molecule has 23 heavy (non-hydrogen) atoms. The van der Waals surface area contributed by atoms with E-state index in [-0.39, 0.29) is 22.7 Å². The highest BCUT2D eigenvalue weighted by atomic mass is 19.4. The van der Waals surface area contributed by atoms with E-state index in [9.17, 15) is 22.4 Å². The first-order valence-corrected chi connectivity index (χ1v) is 7.60. The molecule has 2 aliphatic carbocycles. The van der Waals surface area contributed by atoms with Crippen LogP contribution in [0, 0.1) is 17.2 Å². The molecule has 0 heterocycles. The number of hydrogen-bond donors (Lipinski definition) is 0. The normalized spacial score (nSPS) is 29.2. The van der Waals surface area contributed by atoms with Crippen LogP contribution in [0.25, 0.3) is 0 Å². The number of hydrogen-bond acceptors (Lipinski definition) is 2. The summed E-state index contributed by atoms with van der Waals surface area (Å²) < 4.78 is 55.1.